The van der Waals surface area contributed by atoms with Crippen molar-refractivity contribution in [2.24, 2.45) is 5.41 Å². The minimum Gasteiger partial charge on any atom is -0.389 e. The molecule has 1 saturated carbocycles. The highest BCUT2D eigenvalue weighted by molar-refractivity contribution is 7.99. The zero-order valence-corrected chi connectivity index (χ0v) is 11.4. The summed E-state index contributed by atoms with van der Waals surface area (Å²) in [4.78, 5) is 0. The number of nitrogens with one attached hydrogen (secondary N) is 1. The van der Waals surface area contributed by atoms with Crippen molar-refractivity contribution in [2.45, 2.75) is 57.6 Å². The Hall–Kier alpha value is 0.270. The van der Waals surface area contributed by atoms with Crippen molar-refractivity contribution >= 4 is 11.8 Å². The van der Waals surface area contributed by atoms with Crippen molar-refractivity contribution in [3.05, 3.63) is 0 Å². The van der Waals surface area contributed by atoms with Gasteiger partial charge in [-0.1, -0.05) is 26.7 Å². The average molecular weight is 243 g/mol. The number of rotatable bonds is 3. The molecule has 2 nitrogen and oxygen atoms in total. The SMILES string of the molecule is CC1(C)CCSCC1NCC1(O)CCCC1. The number of hydrogen-bond donors (Lipinski definition) is 2. The van der Waals surface area contributed by atoms with Gasteiger partial charge in [-0.05, 0) is 30.4 Å². The Morgan fingerprint density at radius 3 is 2.56 bits per heavy atom. The van der Waals surface area contributed by atoms with E-state index in [2.05, 4.69) is 19.2 Å². The molecule has 0 bridgehead atoms. The summed E-state index contributed by atoms with van der Waals surface area (Å²) in [5.41, 5.74) is -0.0155. The minimum atomic E-state index is -0.405. The van der Waals surface area contributed by atoms with Crippen LogP contribution in [-0.4, -0.2) is 34.8 Å². The van der Waals surface area contributed by atoms with Crippen LogP contribution < -0.4 is 5.32 Å². The molecule has 1 aliphatic carbocycles. The molecule has 2 aliphatic rings. The first-order valence-corrected chi connectivity index (χ1v) is 7.71. The van der Waals surface area contributed by atoms with Crippen LogP contribution in [0.3, 0.4) is 0 Å². The van der Waals surface area contributed by atoms with Gasteiger partial charge in [0, 0.05) is 18.3 Å². The van der Waals surface area contributed by atoms with Gasteiger partial charge in [0.1, 0.15) is 0 Å². The molecule has 0 spiro atoms. The summed E-state index contributed by atoms with van der Waals surface area (Å²) in [6, 6.07) is 0.566. The predicted octanol–water partition coefficient (Wildman–Crippen LogP) is 2.41. The van der Waals surface area contributed by atoms with Gasteiger partial charge in [0.2, 0.25) is 0 Å². The summed E-state index contributed by atoms with van der Waals surface area (Å²) in [5.74, 6) is 2.48. The Kier molecular flexibility index (Phi) is 3.87. The topological polar surface area (TPSA) is 32.3 Å². The van der Waals surface area contributed by atoms with Gasteiger partial charge in [0.15, 0.2) is 0 Å². The number of thioether (sulfide) groups is 1. The molecule has 16 heavy (non-hydrogen) atoms. The van der Waals surface area contributed by atoms with E-state index in [-0.39, 0.29) is 0 Å². The molecule has 2 fully saturated rings. The number of aliphatic hydroxyl groups is 1. The summed E-state index contributed by atoms with van der Waals surface area (Å²) < 4.78 is 0. The first kappa shape index (κ1) is 12.7. The van der Waals surface area contributed by atoms with Gasteiger partial charge in [0.25, 0.3) is 0 Å². The van der Waals surface area contributed by atoms with E-state index in [1.807, 2.05) is 11.8 Å². The standard InChI is InChI=1S/C13H25NOS/c1-12(2)7-8-16-9-11(12)14-10-13(15)5-3-4-6-13/h11,14-15H,3-10H2,1-2H3. The van der Waals surface area contributed by atoms with E-state index in [0.29, 0.717) is 11.5 Å². The van der Waals surface area contributed by atoms with Gasteiger partial charge >= 0.3 is 0 Å². The van der Waals surface area contributed by atoms with Crippen LogP contribution in [0.4, 0.5) is 0 Å². The molecular formula is C13H25NOS. The zero-order valence-electron chi connectivity index (χ0n) is 10.6. The molecule has 1 heterocycles. The lowest BCUT2D eigenvalue weighted by molar-refractivity contribution is 0.0400. The van der Waals surface area contributed by atoms with Crippen LogP contribution in [0.1, 0.15) is 46.0 Å². The second-order valence-electron chi connectivity index (χ2n) is 6.18. The second kappa shape index (κ2) is 4.87. The Bertz CT molecular complexity index is 236. The lowest BCUT2D eigenvalue weighted by Gasteiger charge is -2.40. The van der Waals surface area contributed by atoms with Crippen molar-refractivity contribution in [3.63, 3.8) is 0 Å². The molecule has 0 amide bonds. The highest BCUT2D eigenvalue weighted by atomic mass is 32.2. The Labute approximate surface area is 104 Å². The van der Waals surface area contributed by atoms with Gasteiger partial charge in [0.05, 0.1) is 5.60 Å². The van der Waals surface area contributed by atoms with Crippen molar-refractivity contribution < 1.29 is 5.11 Å². The second-order valence-corrected chi connectivity index (χ2v) is 7.33. The maximum absolute atomic E-state index is 10.3. The third kappa shape index (κ3) is 2.93. The van der Waals surface area contributed by atoms with Crippen molar-refractivity contribution in [3.8, 4) is 0 Å². The van der Waals surface area contributed by atoms with Crippen LogP contribution in [-0.2, 0) is 0 Å². The monoisotopic (exact) mass is 243 g/mol. The maximum Gasteiger partial charge on any atom is 0.0771 e. The summed E-state index contributed by atoms with van der Waals surface area (Å²) in [6.07, 6.45) is 5.65. The summed E-state index contributed by atoms with van der Waals surface area (Å²) in [5, 5.41) is 13.9. The van der Waals surface area contributed by atoms with E-state index in [4.69, 9.17) is 0 Å². The third-order valence-corrected chi connectivity index (χ3v) is 5.39. The molecule has 3 heteroatoms. The van der Waals surface area contributed by atoms with Gasteiger partial charge < -0.3 is 10.4 Å². The maximum atomic E-state index is 10.3. The molecule has 0 aromatic rings. The van der Waals surface area contributed by atoms with Gasteiger partial charge in [-0.3, -0.25) is 0 Å². The molecule has 1 aliphatic heterocycles. The normalized spacial score (nSPS) is 32.8. The fraction of sp³-hybridized carbons (Fsp3) is 1.00. The summed E-state index contributed by atoms with van der Waals surface area (Å²) >= 11 is 2.04. The Balaban J connectivity index is 1.84. The quantitative estimate of drug-likeness (QED) is 0.798. The van der Waals surface area contributed by atoms with Crippen LogP contribution in [0.25, 0.3) is 0 Å². The molecule has 1 unspecified atom stereocenters. The van der Waals surface area contributed by atoms with Crippen LogP contribution in [0.2, 0.25) is 0 Å². The van der Waals surface area contributed by atoms with Crippen LogP contribution in [0.15, 0.2) is 0 Å². The molecule has 2 rings (SSSR count). The molecule has 94 valence electrons. The highest BCUT2D eigenvalue weighted by Gasteiger charge is 2.36. The molecule has 2 N–H and O–H groups in total. The van der Waals surface area contributed by atoms with Gasteiger partial charge in [-0.25, -0.2) is 0 Å². The average Bonchev–Trinajstić information content (AvgIpc) is 2.64. The zero-order chi connectivity index (χ0) is 11.6. The smallest absolute Gasteiger partial charge is 0.0771 e. The van der Waals surface area contributed by atoms with Gasteiger partial charge in [-0.2, -0.15) is 11.8 Å². The van der Waals surface area contributed by atoms with Crippen molar-refractivity contribution in [2.75, 3.05) is 18.1 Å². The Morgan fingerprint density at radius 1 is 1.25 bits per heavy atom. The van der Waals surface area contributed by atoms with E-state index >= 15 is 0 Å². The van der Waals surface area contributed by atoms with Crippen LogP contribution in [0, 0.1) is 5.41 Å². The fourth-order valence-electron chi connectivity index (χ4n) is 2.79. The van der Waals surface area contributed by atoms with Crippen molar-refractivity contribution in [1.82, 2.24) is 5.32 Å². The van der Waals surface area contributed by atoms with E-state index in [9.17, 15) is 5.11 Å². The lowest BCUT2D eigenvalue weighted by Crippen LogP contribution is -2.51. The fourth-order valence-corrected chi connectivity index (χ4v) is 4.44. The van der Waals surface area contributed by atoms with Crippen LogP contribution in [0.5, 0.6) is 0 Å². The molecule has 0 aromatic carbocycles. The highest BCUT2D eigenvalue weighted by Crippen LogP contribution is 2.35. The first-order chi connectivity index (χ1) is 7.52. The third-order valence-electron chi connectivity index (χ3n) is 4.33. The molecule has 0 radical (unpaired) electrons. The summed E-state index contributed by atoms with van der Waals surface area (Å²) in [6.45, 7) is 5.49. The predicted molar refractivity (Wildman–Crippen MR) is 70.9 cm³/mol. The van der Waals surface area contributed by atoms with E-state index in [1.165, 1.54) is 30.8 Å². The molecule has 0 aromatic heterocycles. The van der Waals surface area contributed by atoms with Crippen LogP contribution >= 0.6 is 11.8 Å². The summed E-state index contributed by atoms with van der Waals surface area (Å²) in [7, 11) is 0. The molecule has 1 atom stereocenters. The van der Waals surface area contributed by atoms with Gasteiger partial charge in [-0.15, -0.1) is 0 Å². The largest absolute Gasteiger partial charge is 0.389 e. The van der Waals surface area contributed by atoms with E-state index in [0.717, 1.165) is 19.4 Å². The number of hydrogen-bond acceptors (Lipinski definition) is 3. The van der Waals surface area contributed by atoms with E-state index < -0.39 is 5.60 Å². The van der Waals surface area contributed by atoms with E-state index in [1.54, 1.807) is 0 Å². The lowest BCUT2D eigenvalue weighted by atomic mass is 9.82. The van der Waals surface area contributed by atoms with Crippen molar-refractivity contribution in [1.29, 1.82) is 0 Å². The molecular weight excluding hydrogens is 218 g/mol. The molecule has 1 saturated heterocycles. The first-order valence-electron chi connectivity index (χ1n) is 6.55. The Morgan fingerprint density at radius 2 is 1.94 bits per heavy atom. The minimum absolute atomic E-state index is 0.389.